The van der Waals surface area contributed by atoms with E-state index in [0.717, 1.165) is 6.07 Å². The standard InChI is InChI=1S/C12H12BrF3N2O3/c1-20-11(19)9-6-18(2-3-21-9)10-8(12(14,15)16)4-7(13)5-17-10/h4-5,9H,2-3,6H2,1H3. The van der Waals surface area contributed by atoms with Crippen LogP contribution in [0.25, 0.3) is 0 Å². The Bertz CT molecular complexity index is 539. The molecule has 1 unspecified atom stereocenters. The zero-order chi connectivity index (χ0) is 15.6. The third kappa shape index (κ3) is 3.65. The van der Waals surface area contributed by atoms with Crippen molar-refractivity contribution in [1.82, 2.24) is 4.98 Å². The van der Waals surface area contributed by atoms with E-state index in [1.165, 1.54) is 18.2 Å². The number of alkyl halides is 3. The van der Waals surface area contributed by atoms with Crippen LogP contribution in [0.15, 0.2) is 16.7 Å². The normalized spacial score (nSPS) is 19.5. The number of hydrogen-bond acceptors (Lipinski definition) is 5. The summed E-state index contributed by atoms with van der Waals surface area (Å²) in [6.45, 7) is 0.296. The van der Waals surface area contributed by atoms with Crippen LogP contribution in [0.5, 0.6) is 0 Å². The van der Waals surface area contributed by atoms with Gasteiger partial charge in [-0.05, 0) is 22.0 Å². The quantitative estimate of drug-likeness (QED) is 0.749. The smallest absolute Gasteiger partial charge is 0.419 e. The number of esters is 1. The number of halogens is 4. The number of methoxy groups -OCH3 is 1. The highest BCUT2D eigenvalue weighted by atomic mass is 79.9. The summed E-state index contributed by atoms with van der Waals surface area (Å²) in [5, 5.41) is 0. The van der Waals surface area contributed by atoms with Gasteiger partial charge in [0.25, 0.3) is 0 Å². The Morgan fingerprint density at radius 3 is 2.90 bits per heavy atom. The molecule has 0 aromatic carbocycles. The minimum Gasteiger partial charge on any atom is -0.467 e. The van der Waals surface area contributed by atoms with E-state index in [9.17, 15) is 18.0 Å². The van der Waals surface area contributed by atoms with Crippen molar-refractivity contribution in [2.45, 2.75) is 12.3 Å². The number of carbonyl (C=O) groups excluding carboxylic acids is 1. The Morgan fingerprint density at radius 1 is 1.57 bits per heavy atom. The van der Waals surface area contributed by atoms with E-state index < -0.39 is 23.8 Å². The molecule has 0 amide bonds. The van der Waals surface area contributed by atoms with E-state index >= 15 is 0 Å². The first-order valence-electron chi connectivity index (χ1n) is 6.00. The maximum Gasteiger partial charge on any atom is 0.419 e. The molecule has 0 N–H and O–H groups in total. The van der Waals surface area contributed by atoms with E-state index in [1.807, 2.05) is 0 Å². The fraction of sp³-hybridized carbons (Fsp3) is 0.500. The average molecular weight is 369 g/mol. The van der Waals surface area contributed by atoms with Crippen molar-refractivity contribution in [3.63, 3.8) is 0 Å². The van der Waals surface area contributed by atoms with Crippen molar-refractivity contribution < 1.29 is 27.4 Å². The summed E-state index contributed by atoms with van der Waals surface area (Å²) in [6, 6.07) is 0.963. The Kier molecular flexibility index (Phi) is 4.72. The van der Waals surface area contributed by atoms with Crippen LogP contribution in [0.4, 0.5) is 19.0 Å². The fourth-order valence-electron chi connectivity index (χ4n) is 2.01. The topological polar surface area (TPSA) is 51.7 Å². The molecular weight excluding hydrogens is 357 g/mol. The van der Waals surface area contributed by atoms with Gasteiger partial charge >= 0.3 is 12.1 Å². The molecule has 1 aliphatic rings. The molecule has 116 valence electrons. The summed E-state index contributed by atoms with van der Waals surface area (Å²) in [6.07, 6.45) is -4.17. The van der Waals surface area contributed by atoms with E-state index in [-0.39, 0.29) is 30.0 Å². The van der Waals surface area contributed by atoms with Crippen LogP contribution < -0.4 is 4.90 Å². The molecule has 0 bridgehead atoms. The van der Waals surface area contributed by atoms with Gasteiger partial charge in [0.2, 0.25) is 0 Å². The van der Waals surface area contributed by atoms with Gasteiger partial charge in [0.15, 0.2) is 6.10 Å². The molecule has 0 saturated carbocycles. The van der Waals surface area contributed by atoms with Crippen LogP contribution in [0.2, 0.25) is 0 Å². The van der Waals surface area contributed by atoms with Gasteiger partial charge in [-0.15, -0.1) is 0 Å². The monoisotopic (exact) mass is 368 g/mol. The van der Waals surface area contributed by atoms with Gasteiger partial charge in [0.1, 0.15) is 5.82 Å². The molecule has 1 atom stereocenters. The number of nitrogens with zero attached hydrogens (tertiary/aromatic N) is 2. The number of pyridine rings is 1. The van der Waals surface area contributed by atoms with Crippen LogP contribution in [0, 0.1) is 0 Å². The zero-order valence-corrected chi connectivity index (χ0v) is 12.6. The lowest BCUT2D eigenvalue weighted by Crippen LogP contribution is -2.47. The first-order chi connectivity index (χ1) is 9.82. The van der Waals surface area contributed by atoms with E-state index in [0.29, 0.717) is 0 Å². The predicted molar refractivity (Wildman–Crippen MR) is 70.9 cm³/mol. The van der Waals surface area contributed by atoms with Crippen molar-refractivity contribution in [1.29, 1.82) is 0 Å². The van der Waals surface area contributed by atoms with Crippen LogP contribution in [0.1, 0.15) is 5.56 Å². The molecule has 1 fully saturated rings. The highest BCUT2D eigenvalue weighted by molar-refractivity contribution is 9.10. The van der Waals surface area contributed by atoms with Crippen molar-refractivity contribution >= 4 is 27.7 Å². The van der Waals surface area contributed by atoms with Gasteiger partial charge in [-0.1, -0.05) is 0 Å². The van der Waals surface area contributed by atoms with Crippen LogP contribution in [-0.2, 0) is 20.4 Å². The number of hydrogen-bond donors (Lipinski definition) is 0. The molecule has 1 aliphatic heterocycles. The van der Waals surface area contributed by atoms with Crippen molar-refractivity contribution in [3.8, 4) is 0 Å². The van der Waals surface area contributed by atoms with E-state index in [1.54, 1.807) is 0 Å². The fourth-order valence-corrected chi connectivity index (χ4v) is 2.34. The Labute approximate surface area is 127 Å². The highest BCUT2D eigenvalue weighted by Crippen LogP contribution is 2.37. The van der Waals surface area contributed by atoms with Gasteiger partial charge in [-0.3, -0.25) is 0 Å². The summed E-state index contributed by atoms with van der Waals surface area (Å²) >= 11 is 2.98. The van der Waals surface area contributed by atoms with E-state index in [4.69, 9.17) is 4.74 Å². The maximum absolute atomic E-state index is 13.1. The minimum atomic E-state index is -4.54. The third-order valence-electron chi connectivity index (χ3n) is 2.97. The summed E-state index contributed by atoms with van der Waals surface area (Å²) in [7, 11) is 1.20. The Hall–Kier alpha value is -1.35. The van der Waals surface area contributed by atoms with Gasteiger partial charge in [0, 0.05) is 17.2 Å². The summed E-state index contributed by atoms with van der Waals surface area (Å²) < 4.78 is 49.3. The van der Waals surface area contributed by atoms with Crippen molar-refractivity contribution in [2.24, 2.45) is 0 Å². The van der Waals surface area contributed by atoms with Crippen molar-refractivity contribution in [3.05, 3.63) is 22.3 Å². The number of anilines is 1. The number of rotatable bonds is 2. The number of ether oxygens (including phenoxy) is 2. The van der Waals surface area contributed by atoms with Gasteiger partial charge in [-0.25, -0.2) is 9.78 Å². The lowest BCUT2D eigenvalue weighted by atomic mass is 10.2. The van der Waals surface area contributed by atoms with Crippen LogP contribution in [0.3, 0.4) is 0 Å². The summed E-state index contributed by atoms with van der Waals surface area (Å²) in [4.78, 5) is 16.7. The molecule has 0 spiro atoms. The van der Waals surface area contributed by atoms with Crippen LogP contribution >= 0.6 is 15.9 Å². The average Bonchev–Trinajstić information content (AvgIpc) is 2.45. The highest BCUT2D eigenvalue weighted by Gasteiger charge is 2.38. The number of aromatic nitrogens is 1. The zero-order valence-electron chi connectivity index (χ0n) is 11.0. The molecule has 0 aliphatic carbocycles. The second-order valence-electron chi connectivity index (χ2n) is 4.35. The molecular formula is C12H12BrF3N2O3. The first kappa shape index (κ1) is 16.0. The number of carbonyl (C=O) groups is 1. The van der Waals surface area contributed by atoms with Gasteiger partial charge in [0.05, 0.1) is 25.8 Å². The predicted octanol–water partition coefficient (Wildman–Crippen LogP) is 2.24. The molecule has 2 rings (SSSR count). The van der Waals surface area contributed by atoms with E-state index in [2.05, 4.69) is 25.7 Å². The largest absolute Gasteiger partial charge is 0.467 e. The molecule has 21 heavy (non-hydrogen) atoms. The molecule has 1 aromatic heterocycles. The SMILES string of the molecule is COC(=O)C1CN(c2ncc(Br)cc2C(F)(F)F)CCO1. The molecule has 1 saturated heterocycles. The number of morpholine rings is 1. The molecule has 9 heteroatoms. The summed E-state index contributed by atoms with van der Waals surface area (Å²) in [5.74, 6) is -0.840. The second-order valence-corrected chi connectivity index (χ2v) is 5.27. The molecule has 1 aromatic rings. The first-order valence-corrected chi connectivity index (χ1v) is 6.79. The second kappa shape index (κ2) is 6.18. The van der Waals surface area contributed by atoms with Crippen molar-refractivity contribution in [2.75, 3.05) is 31.7 Å². The summed E-state index contributed by atoms with van der Waals surface area (Å²) in [5.41, 5.74) is -0.859. The Balaban J connectivity index is 2.31. The van der Waals surface area contributed by atoms with Gasteiger partial charge < -0.3 is 14.4 Å². The lowest BCUT2D eigenvalue weighted by molar-refractivity contribution is -0.154. The van der Waals surface area contributed by atoms with Crippen LogP contribution in [-0.4, -0.2) is 43.9 Å². The molecule has 0 radical (unpaired) electrons. The third-order valence-corrected chi connectivity index (χ3v) is 3.40. The Morgan fingerprint density at radius 2 is 2.29 bits per heavy atom. The lowest BCUT2D eigenvalue weighted by Gasteiger charge is -2.33. The van der Waals surface area contributed by atoms with Gasteiger partial charge in [-0.2, -0.15) is 13.2 Å². The molecule has 5 nitrogen and oxygen atoms in total. The maximum atomic E-state index is 13.1. The minimum absolute atomic E-state index is 0.0373. The molecule has 2 heterocycles.